The largest absolute Gasteiger partial charge is 0.390 e. The first-order valence-corrected chi connectivity index (χ1v) is 19.7. The Balaban J connectivity index is 0.000000271. The van der Waals surface area contributed by atoms with E-state index in [4.69, 9.17) is 0 Å². The third kappa shape index (κ3) is 11.8. The summed E-state index contributed by atoms with van der Waals surface area (Å²) in [5.41, 5.74) is 9.23. The topological polar surface area (TPSA) is 21.8 Å². The molecular formula is C46H74N4. The number of likely N-dealkylation sites (tertiary alicyclic amines) is 1. The maximum Gasteiger partial charge on any atom is 0.0380 e. The van der Waals surface area contributed by atoms with Crippen LogP contribution in [0.25, 0.3) is 0 Å². The Labute approximate surface area is 309 Å². The van der Waals surface area contributed by atoms with E-state index in [9.17, 15) is 0 Å². The number of unbranched alkanes of at least 4 members (excludes halogenated alkanes) is 3. The van der Waals surface area contributed by atoms with Gasteiger partial charge in [0.15, 0.2) is 0 Å². The van der Waals surface area contributed by atoms with Crippen molar-refractivity contribution in [2.24, 2.45) is 16.7 Å². The van der Waals surface area contributed by atoms with Crippen molar-refractivity contribution in [3.05, 3.63) is 108 Å². The van der Waals surface area contributed by atoms with Gasteiger partial charge < -0.3 is 20.0 Å². The first-order valence-electron chi connectivity index (χ1n) is 19.7. The van der Waals surface area contributed by atoms with Gasteiger partial charge in [0, 0.05) is 62.0 Å². The van der Waals surface area contributed by atoms with Crippen LogP contribution in [0.1, 0.15) is 122 Å². The summed E-state index contributed by atoms with van der Waals surface area (Å²) < 4.78 is 0. The highest BCUT2D eigenvalue weighted by Crippen LogP contribution is 2.45. The number of nitrogens with one attached hydrogen (secondary N) is 1. The summed E-state index contributed by atoms with van der Waals surface area (Å²) in [6, 6.07) is 18.0. The van der Waals surface area contributed by atoms with Gasteiger partial charge in [-0.25, -0.2) is 0 Å². The molecule has 1 heterocycles. The summed E-state index contributed by atoms with van der Waals surface area (Å²) in [5.74, 6) is 0.551. The summed E-state index contributed by atoms with van der Waals surface area (Å²) in [7, 11) is 4.32. The number of fused-ring (bicyclic) bond motifs is 2. The SMILES string of the molecule is C=C(CC(C)(C)C)N1CCC[C@@H](C(=C)N(CC)CC(C)(C)CN(C)C)C1.C=CNCC1(CCCCCC)c2ccccc2Cc2ccccc21. The zero-order chi connectivity index (χ0) is 37.0. The van der Waals surface area contributed by atoms with Crippen LogP contribution in [-0.4, -0.2) is 68.1 Å². The van der Waals surface area contributed by atoms with Gasteiger partial charge in [-0.1, -0.05) is 135 Å². The van der Waals surface area contributed by atoms with Gasteiger partial charge >= 0.3 is 0 Å². The fourth-order valence-corrected chi connectivity index (χ4v) is 8.64. The molecule has 0 aromatic heterocycles. The van der Waals surface area contributed by atoms with E-state index in [1.54, 1.807) is 0 Å². The lowest BCUT2D eigenvalue weighted by Crippen LogP contribution is -2.43. The molecule has 1 fully saturated rings. The van der Waals surface area contributed by atoms with E-state index in [1.165, 1.54) is 78.6 Å². The Hall–Kier alpha value is -2.98. The monoisotopic (exact) mass is 683 g/mol. The molecule has 2 aromatic carbocycles. The lowest BCUT2D eigenvalue weighted by Gasteiger charge is -2.42. The Morgan fingerprint density at radius 1 is 0.920 bits per heavy atom. The first-order chi connectivity index (χ1) is 23.7. The molecule has 1 aliphatic carbocycles. The maximum absolute atomic E-state index is 4.54. The van der Waals surface area contributed by atoms with Crippen molar-refractivity contribution in [1.82, 2.24) is 20.0 Å². The normalized spacial score (nSPS) is 16.8. The van der Waals surface area contributed by atoms with E-state index in [0.29, 0.717) is 11.3 Å². The molecule has 4 heteroatoms. The number of piperidine rings is 1. The van der Waals surface area contributed by atoms with Crippen LogP contribution in [0.15, 0.2) is 85.9 Å². The predicted molar refractivity (Wildman–Crippen MR) is 220 cm³/mol. The van der Waals surface area contributed by atoms with Gasteiger partial charge in [0.1, 0.15) is 0 Å². The minimum atomic E-state index is 0.0629. The summed E-state index contributed by atoms with van der Waals surface area (Å²) in [6.07, 6.45) is 12.9. The molecule has 0 bridgehead atoms. The fourth-order valence-electron chi connectivity index (χ4n) is 8.64. The Morgan fingerprint density at radius 2 is 1.54 bits per heavy atom. The van der Waals surface area contributed by atoms with E-state index in [0.717, 1.165) is 52.1 Å². The van der Waals surface area contributed by atoms with Crippen LogP contribution < -0.4 is 5.32 Å². The molecule has 50 heavy (non-hydrogen) atoms. The van der Waals surface area contributed by atoms with Crippen molar-refractivity contribution in [2.45, 2.75) is 112 Å². The molecule has 0 amide bonds. The third-order valence-corrected chi connectivity index (χ3v) is 10.7. The summed E-state index contributed by atoms with van der Waals surface area (Å²) >= 11 is 0. The second-order valence-electron chi connectivity index (χ2n) is 17.5. The molecule has 0 radical (unpaired) electrons. The lowest BCUT2D eigenvalue weighted by atomic mass is 9.64. The van der Waals surface area contributed by atoms with Crippen molar-refractivity contribution in [2.75, 3.05) is 53.4 Å². The smallest absolute Gasteiger partial charge is 0.0380 e. The maximum atomic E-state index is 4.54. The lowest BCUT2D eigenvalue weighted by molar-refractivity contribution is 0.144. The molecule has 1 aliphatic heterocycles. The van der Waals surface area contributed by atoms with E-state index in [-0.39, 0.29) is 10.8 Å². The molecule has 1 N–H and O–H groups in total. The molecule has 1 atom stereocenters. The van der Waals surface area contributed by atoms with Gasteiger partial charge in [-0.2, -0.15) is 0 Å². The molecular weight excluding hydrogens is 609 g/mol. The number of hydrogen-bond acceptors (Lipinski definition) is 4. The third-order valence-electron chi connectivity index (χ3n) is 10.7. The number of rotatable bonds is 17. The van der Waals surface area contributed by atoms with Crippen LogP contribution in [-0.2, 0) is 11.8 Å². The fraction of sp³-hybridized carbons (Fsp3) is 0.609. The zero-order valence-corrected chi connectivity index (χ0v) is 33.8. The van der Waals surface area contributed by atoms with Gasteiger partial charge in [-0.15, -0.1) is 0 Å². The van der Waals surface area contributed by atoms with Crippen LogP contribution in [0, 0.1) is 16.7 Å². The summed E-state index contributed by atoms with van der Waals surface area (Å²) in [6.45, 7) is 35.3. The predicted octanol–water partition coefficient (Wildman–Crippen LogP) is 10.7. The summed E-state index contributed by atoms with van der Waals surface area (Å²) in [4.78, 5) is 7.32. The Morgan fingerprint density at radius 3 is 2.08 bits per heavy atom. The van der Waals surface area contributed by atoms with Gasteiger partial charge in [-0.05, 0) is 92.4 Å². The molecule has 278 valence electrons. The van der Waals surface area contributed by atoms with E-state index in [1.807, 2.05) is 6.20 Å². The molecule has 2 aliphatic rings. The standard InChI is InChI=1S/C23H45N3.C23H29N/c1-11-25(18-23(7,8)17-24(9)10)20(3)21-13-12-14-26(16-21)19(2)15-22(4,5)6;1-3-5-6-11-16-23(18-24-4-2)21-14-9-7-12-19(21)17-20-13-8-10-15-22(20)23/h21H,2-3,11-18H2,1,4-10H3;4,7-10,12-15,24H,2-3,5-6,11,16-18H2,1H3/t21-;/m1./s1. The van der Waals surface area contributed by atoms with Gasteiger partial charge in [-0.3, -0.25) is 0 Å². The van der Waals surface area contributed by atoms with Gasteiger partial charge in [0.05, 0.1) is 0 Å². The van der Waals surface area contributed by atoms with Crippen LogP contribution >= 0.6 is 0 Å². The highest BCUT2D eigenvalue weighted by Gasteiger charge is 2.39. The molecule has 0 spiro atoms. The van der Waals surface area contributed by atoms with Crippen molar-refractivity contribution in [3.8, 4) is 0 Å². The van der Waals surface area contributed by atoms with Crippen LogP contribution in [0.5, 0.6) is 0 Å². The highest BCUT2D eigenvalue weighted by atomic mass is 15.2. The number of allylic oxidation sites excluding steroid dienone is 1. The minimum Gasteiger partial charge on any atom is -0.390 e. The molecule has 0 saturated carbocycles. The van der Waals surface area contributed by atoms with Crippen molar-refractivity contribution in [3.63, 3.8) is 0 Å². The first kappa shape index (κ1) is 41.4. The Kier molecular flexibility index (Phi) is 15.8. The van der Waals surface area contributed by atoms with Crippen molar-refractivity contribution >= 4 is 0 Å². The quantitative estimate of drug-likeness (QED) is 0.168. The number of benzene rings is 2. The minimum absolute atomic E-state index is 0.0629. The molecule has 2 aromatic rings. The average molecular weight is 683 g/mol. The van der Waals surface area contributed by atoms with Crippen molar-refractivity contribution in [1.29, 1.82) is 0 Å². The highest BCUT2D eigenvalue weighted by molar-refractivity contribution is 5.54. The number of hydrogen-bond donors (Lipinski definition) is 1. The van der Waals surface area contributed by atoms with Crippen molar-refractivity contribution < 1.29 is 0 Å². The second kappa shape index (κ2) is 19.0. The second-order valence-corrected chi connectivity index (χ2v) is 17.5. The van der Waals surface area contributed by atoms with Crippen LogP contribution in [0.4, 0.5) is 0 Å². The average Bonchev–Trinajstić information content (AvgIpc) is 3.06. The van der Waals surface area contributed by atoms with E-state index >= 15 is 0 Å². The van der Waals surface area contributed by atoms with Gasteiger partial charge in [0.2, 0.25) is 0 Å². The van der Waals surface area contributed by atoms with Crippen LogP contribution in [0.2, 0.25) is 0 Å². The molecule has 4 nitrogen and oxygen atoms in total. The number of nitrogens with zero attached hydrogens (tertiary/aromatic N) is 3. The molecule has 1 saturated heterocycles. The van der Waals surface area contributed by atoms with E-state index in [2.05, 4.69) is 151 Å². The van der Waals surface area contributed by atoms with Gasteiger partial charge in [0.25, 0.3) is 0 Å². The van der Waals surface area contributed by atoms with Crippen LogP contribution in [0.3, 0.4) is 0 Å². The molecule has 0 unspecified atom stereocenters. The molecule has 4 rings (SSSR count). The zero-order valence-electron chi connectivity index (χ0n) is 33.8. The summed E-state index contributed by atoms with van der Waals surface area (Å²) in [5, 5.41) is 3.45. The van der Waals surface area contributed by atoms with E-state index < -0.39 is 0 Å². The Bertz CT molecular complexity index is 1320.